The Labute approximate surface area is 78.8 Å². The van der Waals surface area contributed by atoms with Gasteiger partial charge in [0.05, 0.1) is 13.2 Å². The normalized spacial score (nSPS) is 11.0. The van der Waals surface area contributed by atoms with E-state index in [0.29, 0.717) is 6.04 Å². The van der Waals surface area contributed by atoms with Gasteiger partial charge in [0, 0.05) is 22.0 Å². The van der Waals surface area contributed by atoms with Crippen LogP contribution in [-0.4, -0.2) is 38.9 Å². The molecule has 0 saturated heterocycles. The van der Waals surface area contributed by atoms with Crippen molar-refractivity contribution in [2.24, 2.45) is 0 Å². The van der Waals surface area contributed by atoms with Gasteiger partial charge in [-0.25, -0.2) is 0 Å². The van der Waals surface area contributed by atoms with Gasteiger partial charge in [0.1, 0.15) is 0 Å². The molecule has 0 radical (unpaired) electrons. The van der Waals surface area contributed by atoms with Crippen molar-refractivity contribution >= 4 is 0 Å². The Balaban J connectivity index is -0.000000605. The van der Waals surface area contributed by atoms with Crippen molar-refractivity contribution in [2.45, 2.75) is 26.8 Å². The maximum atomic E-state index is 5.36. The second kappa shape index (κ2) is 8.97. The molecule has 0 aromatic rings. The van der Waals surface area contributed by atoms with Crippen LogP contribution >= 0.6 is 0 Å². The molecule has 0 aliphatic heterocycles. The lowest BCUT2D eigenvalue weighted by molar-refractivity contribution is 0.136. The first-order valence-corrected chi connectivity index (χ1v) is 4.79. The van der Waals surface area contributed by atoms with Gasteiger partial charge in [0.2, 0.25) is 0 Å². The van der Waals surface area contributed by atoms with Crippen LogP contribution in [0.1, 0.15) is 23.6 Å². The second-order valence-electron chi connectivity index (χ2n) is 3.07. The summed E-state index contributed by atoms with van der Waals surface area (Å²) in [5, 5.41) is 6.49. The molecule has 0 saturated carbocycles. The Hall–Kier alpha value is -0.120. The molecule has 0 aromatic heterocycles. The predicted molar refractivity (Wildman–Crippen MR) is 56.7 cm³/mol. The Kier molecular flexibility index (Phi) is 8.88. The van der Waals surface area contributed by atoms with E-state index in [2.05, 4.69) is 31.4 Å². The summed E-state index contributed by atoms with van der Waals surface area (Å²) < 4.78 is 5.36. The molecule has 0 atom stereocenters. The van der Waals surface area contributed by atoms with Gasteiger partial charge in [0.15, 0.2) is 0 Å². The molecule has 0 aliphatic carbocycles. The number of rotatable bonds is 8. The number of hydrogen-bond donors (Lipinski definition) is 2. The molecule has 78 valence electrons. The van der Waals surface area contributed by atoms with Gasteiger partial charge in [-0.3, -0.25) is 0 Å². The molecule has 2 N–H and O–H groups in total. The highest BCUT2D eigenvalue weighted by Crippen LogP contribution is 1.76. The Morgan fingerprint density at radius 1 is 1.25 bits per heavy atom. The summed E-state index contributed by atoms with van der Waals surface area (Å²) in [5.74, 6) is 0. The fraction of sp³-hybridized carbons (Fsp3) is 1.00. The molecule has 3 heteroatoms. The highest BCUT2D eigenvalue weighted by atomic mass is 16.5. The molecule has 0 unspecified atom stereocenters. The van der Waals surface area contributed by atoms with E-state index in [1.807, 2.05) is 0 Å². The van der Waals surface area contributed by atoms with E-state index in [9.17, 15) is 0 Å². The van der Waals surface area contributed by atoms with Crippen LogP contribution in [0.2, 0.25) is 0 Å². The first-order valence-electron chi connectivity index (χ1n) is 4.79. The van der Waals surface area contributed by atoms with Crippen molar-refractivity contribution in [3.8, 4) is 0 Å². The third kappa shape index (κ3) is 9.88. The summed E-state index contributed by atoms with van der Waals surface area (Å²) in [5.41, 5.74) is 0. The van der Waals surface area contributed by atoms with Gasteiger partial charge in [-0.15, -0.1) is 0 Å². The van der Waals surface area contributed by atoms with E-state index < -0.39 is 0 Å². The lowest BCUT2D eigenvalue weighted by atomic mass is 10.4. The quantitative estimate of drug-likeness (QED) is 0.546. The number of hydrogen-bond acceptors (Lipinski definition) is 3. The van der Waals surface area contributed by atoms with E-state index in [1.54, 1.807) is 0 Å². The molecular weight excluding hydrogens is 152 g/mol. The topological polar surface area (TPSA) is 33.3 Å². The second-order valence-corrected chi connectivity index (χ2v) is 3.07. The fourth-order valence-corrected chi connectivity index (χ4v) is 0.843. The van der Waals surface area contributed by atoms with Gasteiger partial charge >= 0.3 is 0 Å². The predicted octanol–water partition coefficient (Wildman–Crippen LogP) is 1.10. The van der Waals surface area contributed by atoms with Crippen molar-refractivity contribution in [2.75, 3.05) is 32.8 Å². The molecule has 0 bridgehead atoms. The molecule has 0 aromatic carbocycles. The zero-order valence-electron chi connectivity index (χ0n) is 8.52. The minimum absolute atomic E-state index is 0. The molecule has 0 fully saturated rings. The Bertz CT molecular complexity index is 94.9. The lowest BCUT2D eigenvalue weighted by Gasteiger charge is -2.08. The van der Waals surface area contributed by atoms with Crippen molar-refractivity contribution in [1.82, 2.24) is 10.6 Å². The molecule has 0 rings (SSSR count). The number of ether oxygens (including phenoxy) is 1. The zero-order valence-corrected chi connectivity index (χ0v) is 8.52. The molecule has 3 nitrogen and oxygen atoms in total. The summed E-state index contributed by atoms with van der Waals surface area (Å²) >= 11 is 0. The van der Waals surface area contributed by atoms with Crippen molar-refractivity contribution in [3.05, 3.63) is 0 Å². The van der Waals surface area contributed by atoms with Crippen LogP contribution in [0, 0.1) is 0 Å². The third-order valence-corrected chi connectivity index (χ3v) is 1.47. The van der Waals surface area contributed by atoms with E-state index in [0.717, 1.165) is 32.8 Å². The molecule has 0 heterocycles. The summed E-state index contributed by atoms with van der Waals surface area (Å²) in [6.45, 7) is 10.9. The highest BCUT2D eigenvalue weighted by Gasteiger charge is 1.91. The smallest absolute Gasteiger partial charge is 0.0591 e. The van der Waals surface area contributed by atoms with Gasteiger partial charge in [0.25, 0.3) is 0 Å². The lowest BCUT2D eigenvalue weighted by Crippen LogP contribution is -2.28. The molecular formula is C9H26N2O. The van der Waals surface area contributed by atoms with E-state index in [1.165, 1.54) is 0 Å². The minimum Gasteiger partial charge on any atom is -0.379 e. The van der Waals surface area contributed by atoms with E-state index >= 15 is 0 Å². The minimum atomic E-state index is 0. The van der Waals surface area contributed by atoms with Crippen molar-refractivity contribution in [3.63, 3.8) is 0 Å². The van der Waals surface area contributed by atoms with Gasteiger partial charge < -0.3 is 15.4 Å². The largest absolute Gasteiger partial charge is 0.379 e. The van der Waals surface area contributed by atoms with Gasteiger partial charge in [-0.05, 0) is 6.54 Å². The summed E-state index contributed by atoms with van der Waals surface area (Å²) in [7, 11) is 0. The first-order chi connectivity index (χ1) is 5.77. The van der Waals surface area contributed by atoms with Crippen LogP contribution in [0.25, 0.3) is 0 Å². The molecule has 0 spiro atoms. The van der Waals surface area contributed by atoms with E-state index in [-0.39, 0.29) is 2.85 Å². The van der Waals surface area contributed by atoms with Crippen molar-refractivity contribution in [1.29, 1.82) is 0 Å². The molecule has 0 amide bonds. The monoisotopic (exact) mass is 178 g/mol. The molecule has 12 heavy (non-hydrogen) atoms. The van der Waals surface area contributed by atoms with E-state index in [4.69, 9.17) is 4.74 Å². The van der Waals surface area contributed by atoms with Crippen LogP contribution < -0.4 is 10.6 Å². The maximum Gasteiger partial charge on any atom is 0.0591 e. The third-order valence-electron chi connectivity index (χ3n) is 1.47. The number of likely N-dealkylation sites (N-methyl/N-ethyl adjacent to an activating group) is 1. The highest BCUT2D eigenvalue weighted by molar-refractivity contribution is 4.51. The van der Waals surface area contributed by atoms with Gasteiger partial charge in [-0.1, -0.05) is 20.8 Å². The first kappa shape index (κ1) is 11.9. The molecule has 0 aliphatic rings. The summed E-state index contributed by atoms with van der Waals surface area (Å²) in [4.78, 5) is 0. The van der Waals surface area contributed by atoms with Crippen molar-refractivity contribution < 1.29 is 7.59 Å². The van der Waals surface area contributed by atoms with Crippen LogP contribution in [0.4, 0.5) is 0 Å². The fourth-order valence-electron chi connectivity index (χ4n) is 0.843. The zero-order chi connectivity index (χ0) is 9.23. The summed E-state index contributed by atoms with van der Waals surface area (Å²) in [6.07, 6.45) is 0. The summed E-state index contributed by atoms with van der Waals surface area (Å²) in [6, 6.07) is 0.558. The SMILES string of the molecule is CCNCCOCCNC(C)C.[HH].[HH]. The van der Waals surface area contributed by atoms with Crippen LogP contribution in [-0.2, 0) is 4.74 Å². The number of nitrogens with one attached hydrogen (secondary N) is 2. The standard InChI is InChI=1S/C9H22N2O.2H2/c1-4-10-5-7-12-8-6-11-9(2)3;;/h9-11H,4-8H2,1-3H3;2*1H. The average molecular weight is 178 g/mol. The Morgan fingerprint density at radius 2 is 1.92 bits per heavy atom. The van der Waals surface area contributed by atoms with Crippen LogP contribution in [0.15, 0.2) is 0 Å². The van der Waals surface area contributed by atoms with Crippen LogP contribution in [0.5, 0.6) is 0 Å². The van der Waals surface area contributed by atoms with Gasteiger partial charge in [-0.2, -0.15) is 0 Å². The van der Waals surface area contributed by atoms with Crippen LogP contribution in [0.3, 0.4) is 0 Å². The maximum absolute atomic E-state index is 5.36. The Morgan fingerprint density at radius 3 is 2.50 bits per heavy atom. The average Bonchev–Trinajstić information content (AvgIpc) is 2.02.